The Balaban J connectivity index is 1.71. The first-order valence-electron chi connectivity index (χ1n) is 9.88. The van der Waals surface area contributed by atoms with E-state index in [4.69, 9.17) is 4.74 Å². The van der Waals surface area contributed by atoms with Crippen LogP contribution in [0.1, 0.15) is 43.7 Å². The zero-order chi connectivity index (χ0) is 21.1. The molecule has 29 heavy (non-hydrogen) atoms. The number of hydrogen-bond acceptors (Lipinski definition) is 4. The van der Waals surface area contributed by atoms with Crippen LogP contribution in [0.15, 0.2) is 48.5 Å². The number of ether oxygens (including phenoxy) is 1. The Bertz CT molecular complexity index is 834. The minimum atomic E-state index is -0.381. The lowest BCUT2D eigenvalue weighted by molar-refractivity contribution is -0.144. The summed E-state index contributed by atoms with van der Waals surface area (Å²) in [7, 11) is 0. The average Bonchev–Trinajstić information content (AvgIpc) is 2.73. The molecule has 0 aliphatic heterocycles. The Labute approximate surface area is 171 Å². The van der Waals surface area contributed by atoms with Crippen LogP contribution in [0, 0.1) is 6.92 Å². The zero-order valence-corrected chi connectivity index (χ0v) is 17.0. The van der Waals surface area contributed by atoms with Gasteiger partial charge in [0.15, 0.2) is 0 Å². The van der Waals surface area contributed by atoms with Crippen LogP contribution in [0.4, 0.5) is 11.4 Å². The summed E-state index contributed by atoms with van der Waals surface area (Å²) in [5.41, 5.74) is 3.24. The van der Waals surface area contributed by atoms with Gasteiger partial charge in [-0.15, -0.1) is 0 Å². The van der Waals surface area contributed by atoms with Crippen molar-refractivity contribution in [2.45, 2.75) is 46.0 Å². The molecule has 2 aromatic rings. The number of aryl methyl sites for hydroxylation is 1. The molecule has 0 heterocycles. The van der Waals surface area contributed by atoms with Crippen LogP contribution in [0.2, 0.25) is 0 Å². The van der Waals surface area contributed by atoms with Crippen molar-refractivity contribution < 1.29 is 19.1 Å². The van der Waals surface area contributed by atoms with Gasteiger partial charge < -0.3 is 15.4 Å². The van der Waals surface area contributed by atoms with Crippen molar-refractivity contribution in [2.75, 3.05) is 17.2 Å². The molecule has 0 aliphatic rings. The van der Waals surface area contributed by atoms with E-state index < -0.39 is 0 Å². The van der Waals surface area contributed by atoms with E-state index in [0.29, 0.717) is 24.4 Å². The number of carbonyl (C=O) groups excluding carboxylic acids is 3. The van der Waals surface area contributed by atoms with Crippen LogP contribution in [0.3, 0.4) is 0 Å². The molecule has 0 unspecified atom stereocenters. The van der Waals surface area contributed by atoms with E-state index in [-0.39, 0.29) is 30.6 Å². The third-order valence-corrected chi connectivity index (χ3v) is 4.47. The topological polar surface area (TPSA) is 84.5 Å². The molecule has 0 spiro atoms. The number of carbonyl (C=O) groups is 3. The molecule has 0 radical (unpaired) electrons. The van der Waals surface area contributed by atoms with Crippen LogP contribution in [-0.2, 0) is 25.5 Å². The fourth-order valence-corrected chi connectivity index (χ4v) is 2.75. The van der Waals surface area contributed by atoms with Gasteiger partial charge in [-0.1, -0.05) is 43.3 Å². The quantitative estimate of drug-likeness (QED) is 0.465. The number of amides is 2. The number of esters is 1. The number of rotatable bonds is 10. The second-order valence-electron chi connectivity index (χ2n) is 6.74. The van der Waals surface area contributed by atoms with Gasteiger partial charge in [-0.3, -0.25) is 14.4 Å². The van der Waals surface area contributed by atoms with Crippen molar-refractivity contribution in [1.29, 1.82) is 0 Å². The van der Waals surface area contributed by atoms with Gasteiger partial charge in [0.25, 0.3) is 0 Å². The lowest BCUT2D eigenvalue weighted by atomic mass is 10.1. The first-order chi connectivity index (χ1) is 14.0. The van der Waals surface area contributed by atoms with Gasteiger partial charge in [-0.2, -0.15) is 0 Å². The predicted octanol–water partition coefficient (Wildman–Crippen LogP) is 4.24. The summed E-state index contributed by atoms with van der Waals surface area (Å²) < 4.78 is 5.20. The van der Waals surface area contributed by atoms with E-state index >= 15 is 0 Å². The molecule has 2 aromatic carbocycles. The van der Waals surface area contributed by atoms with Crippen LogP contribution in [-0.4, -0.2) is 24.4 Å². The predicted molar refractivity (Wildman–Crippen MR) is 114 cm³/mol. The highest BCUT2D eigenvalue weighted by Gasteiger charge is 2.11. The van der Waals surface area contributed by atoms with Crippen molar-refractivity contribution in [1.82, 2.24) is 0 Å². The first kappa shape index (κ1) is 22.1. The Morgan fingerprint density at radius 2 is 1.52 bits per heavy atom. The SMILES string of the molecule is CCC(=O)Nc1cccc(NC(=O)CCC(=O)OCCCc2ccccc2)c1C. The summed E-state index contributed by atoms with van der Waals surface area (Å²) in [6.07, 6.45) is 2.05. The minimum absolute atomic E-state index is 0.0302. The van der Waals surface area contributed by atoms with Crippen molar-refractivity contribution in [3.8, 4) is 0 Å². The Morgan fingerprint density at radius 3 is 2.17 bits per heavy atom. The molecule has 0 saturated carbocycles. The standard InChI is InChI=1S/C23H28N2O4/c1-3-21(26)24-19-12-7-13-20(17(19)2)25-22(27)14-15-23(28)29-16-8-11-18-9-5-4-6-10-18/h4-7,9-10,12-13H,3,8,11,14-16H2,1-2H3,(H,24,26)(H,25,27). The molecule has 0 atom stereocenters. The van der Waals surface area contributed by atoms with E-state index in [1.54, 1.807) is 25.1 Å². The number of hydrogen-bond donors (Lipinski definition) is 2. The second-order valence-corrected chi connectivity index (χ2v) is 6.74. The minimum Gasteiger partial charge on any atom is -0.466 e. The molecular weight excluding hydrogens is 368 g/mol. The molecule has 6 nitrogen and oxygen atoms in total. The summed E-state index contributed by atoms with van der Waals surface area (Å²) in [6.45, 7) is 3.94. The molecule has 0 bridgehead atoms. The van der Waals surface area contributed by atoms with Crippen molar-refractivity contribution >= 4 is 29.2 Å². The summed E-state index contributed by atoms with van der Waals surface area (Å²) in [6, 6.07) is 15.3. The number of benzene rings is 2. The zero-order valence-electron chi connectivity index (χ0n) is 17.0. The molecule has 0 saturated heterocycles. The van der Waals surface area contributed by atoms with Crippen LogP contribution < -0.4 is 10.6 Å². The smallest absolute Gasteiger partial charge is 0.306 e. The molecule has 2 amide bonds. The van der Waals surface area contributed by atoms with Gasteiger partial charge in [0.05, 0.1) is 13.0 Å². The second kappa shape index (κ2) is 11.6. The molecule has 0 fully saturated rings. The maximum absolute atomic E-state index is 12.2. The lowest BCUT2D eigenvalue weighted by Gasteiger charge is -2.13. The highest BCUT2D eigenvalue weighted by molar-refractivity contribution is 5.96. The average molecular weight is 396 g/mol. The van der Waals surface area contributed by atoms with Crippen molar-refractivity contribution in [3.05, 3.63) is 59.7 Å². The van der Waals surface area contributed by atoms with Gasteiger partial charge in [-0.25, -0.2) is 0 Å². The summed E-state index contributed by atoms with van der Waals surface area (Å²) in [5, 5.41) is 5.59. The molecule has 154 valence electrons. The highest BCUT2D eigenvalue weighted by atomic mass is 16.5. The van der Waals surface area contributed by atoms with Crippen LogP contribution in [0.25, 0.3) is 0 Å². The largest absolute Gasteiger partial charge is 0.466 e. The first-order valence-corrected chi connectivity index (χ1v) is 9.88. The van der Waals surface area contributed by atoms with Gasteiger partial charge in [-0.05, 0) is 43.0 Å². The fraction of sp³-hybridized carbons (Fsp3) is 0.348. The molecular formula is C23H28N2O4. The summed E-state index contributed by atoms with van der Waals surface area (Å²) in [5.74, 6) is -0.742. The Morgan fingerprint density at radius 1 is 0.862 bits per heavy atom. The van der Waals surface area contributed by atoms with E-state index in [0.717, 1.165) is 18.4 Å². The molecule has 0 aromatic heterocycles. The van der Waals surface area contributed by atoms with Crippen LogP contribution >= 0.6 is 0 Å². The third kappa shape index (κ3) is 7.78. The molecule has 2 N–H and O–H groups in total. The van der Waals surface area contributed by atoms with E-state index in [2.05, 4.69) is 10.6 Å². The Hall–Kier alpha value is -3.15. The fourth-order valence-electron chi connectivity index (χ4n) is 2.75. The summed E-state index contributed by atoms with van der Waals surface area (Å²) in [4.78, 5) is 35.6. The molecule has 6 heteroatoms. The normalized spacial score (nSPS) is 10.3. The van der Waals surface area contributed by atoms with E-state index in [1.807, 2.05) is 37.3 Å². The van der Waals surface area contributed by atoms with Crippen LogP contribution in [0.5, 0.6) is 0 Å². The summed E-state index contributed by atoms with van der Waals surface area (Å²) >= 11 is 0. The monoisotopic (exact) mass is 396 g/mol. The Kier molecular flexibility index (Phi) is 8.89. The molecule has 2 rings (SSSR count). The number of nitrogens with one attached hydrogen (secondary N) is 2. The maximum Gasteiger partial charge on any atom is 0.306 e. The van der Waals surface area contributed by atoms with Gasteiger partial charge >= 0.3 is 5.97 Å². The lowest BCUT2D eigenvalue weighted by Crippen LogP contribution is -2.16. The van der Waals surface area contributed by atoms with E-state index in [9.17, 15) is 14.4 Å². The van der Waals surface area contributed by atoms with E-state index in [1.165, 1.54) is 5.56 Å². The van der Waals surface area contributed by atoms with Gasteiger partial charge in [0.2, 0.25) is 11.8 Å². The highest BCUT2D eigenvalue weighted by Crippen LogP contribution is 2.23. The van der Waals surface area contributed by atoms with Crippen molar-refractivity contribution in [3.63, 3.8) is 0 Å². The van der Waals surface area contributed by atoms with Gasteiger partial charge in [0, 0.05) is 24.2 Å². The number of anilines is 2. The van der Waals surface area contributed by atoms with Gasteiger partial charge in [0.1, 0.15) is 0 Å². The third-order valence-electron chi connectivity index (χ3n) is 4.47. The maximum atomic E-state index is 12.2. The molecule has 0 aliphatic carbocycles. The van der Waals surface area contributed by atoms with Crippen molar-refractivity contribution in [2.24, 2.45) is 0 Å².